The number of hydrogen-bond acceptors (Lipinski definition) is 5. The second kappa shape index (κ2) is 7.82. The van der Waals surface area contributed by atoms with Gasteiger partial charge in [0.05, 0.1) is 18.5 Å². The maximum absolute atomic E-state index is 13.7. The molecule has 0 saturated carbocycles. The topological polar surface area (TPSA) is 69.0 Å². The van der Waals surface area contributed by atoms with Gasteiger partial charge in [-0.05, 0) is 56.2 Å². The van der Waals surface area contributed by atoms with Crippen LogP contribution in [0.5, 0.6) is 11.5 Å². The summed E-state index contributed by atoms with van der Waals surface area (Å²) in [6.07, 6.45) is -0.246. The van der Waals surface area contributed by atoms with Crippen molar-refractivity contribution in [1.82, 2.24) is 4.90 Å². The molecule has 0 unspecified atom stereocenters. The lowest BCUT2D eigenvalue weighted by Gasteiger charge is -2.38. The van der Waals surface area contributed by atoms with Gasteiger partial charge in [-0.3, -0.25) is 4.79 Å². The third-order valence-corrected chi connectivity index (χ3v) is 5.34. The van der Waals surface area contributed by atoms with Crippen LogP contribution in [0.1, 0.15) is 16.7 Å². The minimum Gasteiger partial charge on any atom is -0.484 e. The summed E-state index contributed by atoms with van der Waals surface area (Å²) < 4.78 is 30.5. The molecule has 1 fully saturated rings. The highest BCUT2D eigenvalue weighted by molar-refractivity contribution is 5.88. The zero-order chi connectivity index (χ0) is 21.4. The molecule has 6 nitrogen and oxygen atoms in total. The number of carbonyl (C=O) groups is 1. The van der Waals surface area contributed by atoms with Crippen LogP contribution in [0, 0.1) is 26.6 Å². The van der Waals surface area contributed by atoms with Crippen molar-refractivity contribution >= 4 is 16.9 Å². The summed E-state index contributed by atoms with van der Waals surface area (Å²) in [5.41, 5.74) is 2.20. The standard InChI is InChI=1S/C23H22FNO5/c1-13-8-19(22-14(2)15(3)23(27)30-20(22)9-13)28-12-21(26)25-10-16(11-25)29-18-7-5-4-6-17(18)24/h4-9,16H,10-12H2,1-3H3. The van der Waals surface area contributed by atoms with Gasteiger partial charge in [-0.1, -0.05) is 12.1 Å². The van der Waals surface area contributed by atoms with Crippen molar-refractivity contribution in [3.63, 3.8) is 0 Å². The Morgan fingerprint density at radius 2 is 1.87 bits per heavy atom. The lowest BCUT2D eigenvalue weighted by Crippen LogP contribution is -2.57. The number of benzene rings is 2. The molecular formula is C23H22FNO5. The van der Waals surface area contributed by atoms with E-state index in [0.717, 1.165) is 11.1 Å². The molecule has 1 saturated heterocycles. The van der Waals surface area contributed by atoms with Gasteiger partial charge in [-0.15, -0.1) is 0 Å². The Labute approximate surface area is 172 Å². The molecule has 7 heteroatoms. The molecule has 30 heavy (non-hydrogen) atoms. The third kappa shape index (κ3) is 3.75. The number of para-hydroxylation sites is 1. The number of likely N-dealkylation sites (tertiary alicyclic amines) is 1. The van der Waals surface area contributed by atoms with Crippen LogP contribution in [-0.4, -0.2) is 36.6 Å². The zero-order valence-electron chi connectivity index (χ0n) is 17.0. The molecule has 1 aliphatic heterocycles. The number of carbonyl (C=O) groups excluding carboxylic acids is 1. The Hall–Kier alpha value is -3.35. The van der Waals surface area contributed by atoms with E-state index in [0.29, 0.717) is 35.4 Å². The average Bonchev–Trinajstić information content (AvgIpc) is 2.67. The van der Waals surface area contributed by atoms with Crippen LogP contribution in [0.15, 0.2) is 45.6 Å². The maximum atomic E-state index is 13.7. The number of hydrogen-bond donors (Lipinski definition) is 0. The van der Waals surface area contributed by atoms with Crippen molar-refractivity contribution in [2.24, 2.45) is 0 Å². The number of fused-ring (bicyclic) bond motifs is 1. The second-order valence-corrected chi connectivity index (χ2v) is 7.53. The van der Waals surface area contributed by atoms with E-state index < -0.39 is 5.82 Å². The Bertz CT molecular complexity index is 1180. The molecular weight excluding hydrogens is 389 g/mol. The van der Waals surface area contributed by atoms with E-state index in [1.807, 2.05) is 19.9 Å². The van der Waals surface area contributed by atoms with E-state index in [1.165, 1.54) is 6.07 Å². The lowest BCUT2D eigenvalue weighted by atomic mass is 10.0. The van der Waals surface area contributed by atoms with Crippen LogP contribution in [-0.2, 0) is 4.79 Å². The van der Waals surface area contributed by atoms with Crippen molar-refractivity contribution < 1.29 is 23.1 Å². The number of ether oxygens (including phenoxy) is 2. The van der Waals surface area contributed by atoms with Crippen molar-refractivity contribution in [1.29, 1.82) is 0 Å². The van der Waals surface area contributed by atoms with Gasteiger partial charge in [0.2, 0.25) is 0 Å². The van der Waals surface area contributed by atoms with Gasteiger partial charge >= 0.3 is 5.63 Å². The Morgan fingerprint density at radius 1 is 1.13 bits per heavy atom. The summed E-state index contributed by atoms with van der Waals surface area (Å²) in [6.45, 7) is 5.99. The van der Waals surface area contributed by atoms with Crippen LogP contribution in [0.2, 0.25) is 0 Å². The summed E-state index contributed by atoms with van der Waals surface area (Å²) in [5, 5.41) is 0.690. The van der Waals surface area contributed by atoms with Crippen molar-refractivity contribution in [2.45, 2.75) is 26.9 Å². The molecule has 0 atom stereocenters. The lowest BCUT2D eigenvalue weighted by molar-refractivity contribution is -0.142. The van der Waals surface area contributed by atoms with E-state index in [9.17, 15) is 14.0 Å². The fraction of sp³-hybridized carbons (Fsp3) is 0.304. The highest BCUT2D eigenvalue weighted by Gasteiger charge is 2.33. The largest absolute Gasteiger partial charge is 0.484 e. The SMILES string of the molecule is Cc1cc(OCC(=O)N2CC(Oc3ccccc3F)C2)c2c(C)c(C)c(=O)oc2c1. The van der Waals surface area contributed by atoms with Gasteiger partial charge in [0.1, 0.15) is 17.4 Å². The zero-order valence-corrected chi connectivity index (χ0v) is 17.0. The number of nitrogens with zero attached hydrogens (tertiary/aromatic N) is 1. The second-order valence-electron chi connectivity index (χ2n) is 7.53. The van der Waals surface area contributed by atoms with Gasteiger partial charge in [0.25, 0.3) is 5.91 Å². The summed E-state index contributed by atoms with van der Waals surface area (Å²) in [7, 11) is 0. The molecule has 1 aliphatic rings. The number of rotatable bonds is 5. The first-order valence-corrected chi connectivity index (χ1v) is 9.70. The van der Waals surface area contributed by atoms with Crippen LogP contribution in [0.3, 0.4) is 0 Å². The van der Waals surface area contributed by atoms with Gasteiger partial charge in [-0.2, -0.15) is 0 Å². The van der Waals surface area contributed by atoms with Gasteiger partial charge < -0.3 is 18.8 Å². The van der Waals surface area contributed by atoms with Crippen LogP contribution < -0.4 is 15.1 Å². The number of halogens is 1. The first-order valence-electron chi connectivity index (χ1n) is 9.70. The van der Waals surface area contributed by atoms with Gasteiger partial charge in [-0.25, -0.2) is 9.18 Å². The molecule has 2 heterocycles. The molecule has 0 bridgehead atoms. The summed E-state index contributed by atoms with van der Waals surface area (Å²) in [5.74, 6) is 0.0749. The highest BCUT2D eigenvalue weighted by atomic mass is 19.1. The number of amides is 1. The van der Waals surface area contributed by atoms with Crippen LogP contribution in [0.25, 0.3) is 11.0 Å². The Morgan fingerprint density at radius 3 is 2.60 bits per heavy atom. The minimum atomic E-state index is -0.422. The predicted octanol–water partition coefficient (Wildman–Crippen LogP) is 3.53. The third-order valence-electron chi connectivity index (χ3n) is 5.34. The number of aryl methyl sites for hydroxylation is 2. The Balaban J connectivity index is 1.41. The Kier molecular flexibility index (Phi) is 5.20. The average molecular weight is 411 g/mol. The van der Waals surface area contributed by atoms with Crippen molar-refractivity contribution in [2.75, 3.05) is 19.7 Å². The first kappa shape index (κ1) is 19.9. The quantitative estimate of drug-likeness (QED) is 0.601. The smallest absolute Gasteiger partial charge is 0.339 e. The minimum absolute atomic E-state index is 0.150. The van der Waals surface area contributed by atoms with Crippen LogP contribution >= 0.6 is 0 Å². The van der Waals surface area contributed by atoms with Crippen LogP contribution in [0.4, 0.5) is 4.39 Å². The normalized spacial score (nSPS) is 13.9. The van der Waals surface area contributed by atoms with E-state index in [4.69, 9.17) is 13.9 Å². The fourth-order valence-corrected chi connectivity index (χ4v) is 3.47. The molecule has 4 rings (SSSR count). The first-order chi connectivity index (χ1) is 14.3. The van der Waals surface area contributed by atoms with Gasteiger partial charge in [0, 0.05) is 5.56 Å². The molecule has 0 aliphatic carbocycles. The van der Waals surface area contributed by atoms with Crippen molar-refractivity contribution in [3.05, 3.63) is 69.3 Å². The summed E-state index contributed by atoms with van der Waals surface area (Å²) in [4.78, 5) is 26.0. The highest BCUT2D eigenvalue weighted by Crippen LogP contribution is 2.31. The molecule has 0 radical (unpaired) electrons. The summed E-state index contributed by atoms with van der Waals surface area (Å²) in [6, 6.07) is 9.79. The molecule has 0 N–H and O–H groups in total. The van der Waals surface area contributed by atoms with E-state index in [2.05, 4.69) is 0 Å². The molecule has 1 aromatic heterocycles. The molecule has 1 amide bonds. The predicted molar refractivity (Wildman–Crippen MR) is 110 cm³/mol. The molecule has 156 valence electrons. The van der Waals surface area contributed by atoms with Crippen molar-refractivity contribution in [3.8, 4) is 11.5 Å². The molecule has 2 aromatic carbocycles. The maximum Gasteiger partial charge on any atom is 0.339 e. The monoisotopic (exact) mass is 411 g/mol. The van der Waals surface area contributed by atoms with E-state index in [-0.39, 0.29) is 30.0 Å². The van der Waals surface area contributed by atoms with Gasteiger partial charge in [0.15, 0.2) is 18.2 Å². The van der Waals surface area contributed by atoms with E-state index >= 15 is 0 Å². The molecule has 0 spiro atoms. The van der Waals surface area contributed by atoms with E-state index in [1.54, 1.807) is 36.1 Å². The summed E-state index contributed by atoms with van der Waals surface area (Å²) >= 11 is 0. The molecule has 3 aromatic rings. The fourth-order valence-electron chi connectivity index (χ4n) is 3.47.